The van der Waals surface area contributed by atoms with Crippen LogP contribution in [0.4, 0.5) is 10.8 Å². The van der Waals surface area contributed by atoms with Crippen molar-refractivity contribution in [3.05, 3.63) is 40.9 Å². The lowest BCUT2D eigenvalue weighted by molar-refractivity contribution is 0.0747. The lowest BCUT2D eigenvalue weighted by atomic mass is 10.1. The van der Waals surface area contributed by atoms with Gasteiger partial charge in [-0.15, -0.1) is 11.3 Å². The first-order valence-electron chi connectivity index (χ1n) is 6.95. The van der Waals surface area contributed by atoms with Gasteiger partial charge in [-0.1, -0.05) is 12.1 Å². The van der Waals surface area contributed by atoms with Crippen LogP contribution in [0, 0.1) is 6.92 Å². The number of nitrogen functional groups attached to an aromatic ring is 1. The van der Waals surface area contributed by atoms with Gasteiger partial charge in [-0.3, -0.25) is 4.79 Å². The van der Waals surface area contributed by atoms with E-state index >= 15 is 0 Å². The molecule has 0 saturated carbocycles. The van der Waals surface area contributed by atoms with Crippen LogP contribution in [0.5, 0.6) is 0 Å². The van der Waals surface area contributed by atoms with Gasteiger partial charge in [-0.25, -0.2) is 4.98 Å². The van der Waals surface area contributed by atoms with Crippen LogP contribution in [0.25, 0.3) is 0 Å². The van der Waals surface area contributed by atoms with Crippen molar-refractivity contribution in [3.8, 4) is 0 Å². The number of thiazole rings is 1. The van der Waals surface area contributed by atoms with E-state index in [0.717, 1.165) is 23.8 Å². The molecule has 21 heavy (non-hydrogen) atoms. The standard InChI is InChI=1S/C15H18N4OS/c1-11-3-2-4-12(16)13(11)14(20)18-6-8-19(9-7-18)15-17-5-10-21-15/h2-5,10H,6-9,16H2,1H3. The number of amides is 1. The molecule has 1 amide bonds. The van der Waals surface area contributed by atoms with E-state index in [9.17, 15) is 4.79 Å². The number of carbonyl (C=O) groups excluding carboxylic acids is 1. The van der Waals surface area contributed by atoms with Crippen LogP contribution in [-0.2, 0) is 0 Å². The van der Waals surface area contributed by atoms with Crippen molar-refractivity contribution in [2.75, 3.05) is 36.8 Å². The van der Waals surface area contributed by atoms with Crippen LogP contribution in [0.1, 0.15) is 15.9 Å². The first-order valence-corrected chi connectivity index (χ1v) is 7.83. The predicted octanol–water partition coefficient (Wildman–Crippen LogP) is 2.00. The molecule has 1 aliphatic rings. The Morgan fingerprint density at radius 3 is 2.67 bits per heavy atom. The Kier molecular flexibility index (Phi) is 3.79. The van der Waals surface area contributed by atoms with Crippen molar-refractivity contribution in [1.82, 2.24) is 9.88 Å². The summed E-state index contributed by atoms with van der Waals surface area (Å²) in [5.41, 5.74) is 8.10. The molecule has 3 rings (SSSR count). The quantitative estimate of drug-likeness (QED) is 0.862. The number of nitrogens with two attached hydrogens (primary N) is 1. The largest absolute Gasteiger partial charge is 0.398 e. The normalized spacial score (nSPS) is 15.3. The highest BCUT2D eigenvalue weighted by Gasteiger charge is 2.25. The Hall–Kier alpha value is -2.08. The van der Waals surface area contributed by atoms with Gasteiger partial charge in [0.25, 0.3) is 5.91 Å². The second-order valence-electron chi connectivity index (χ2n) is 5.13. The van der Waals surface area contributed by atoms with E-state index in [4.69, 9.17) is 5.73 Å². The van der Waals surface area contributed by atoms with Crippen LogP contribution < -0.4 is 10.6 Å². The molecule has 1 aliphatic heterocycles. The zero-order valence-corrected chi connectivity index (χ0v) is 12.8. The van der Waals surface area contributed by atoms with E-state index < -0.39 is 0 Å². The summed E-state index contributed by atoms with van der Waals surface area (Å²) in [5, 5.41) is 3.00. The van der Waals surface area contributed by atoms with Gasteiger partial charge in [-0.2, -0.15) is 0 Å². The number of piperazine rings is 1. The number of aryl methyl sites for hydroxylation is 1. The minimum Gasteiger partial charge on any atom is -0.398 e. The van der Waals surface area contributed by atoms with Crippen molar-refractivity contribution in [2.45, 2.75) is 6.92 Å². The van der Waals surface area contributed by atoms with Crippen LogP contribution in [-0.4, -0.2) is 42.0 Å². The molecule has 1 aromatic heterocycles. The van der Waals surface area contributed by atoms with Gasteiger partial charge >= 0.3 is 0 Å². The number of hydrogen-bond donors (Lipinski definition) is 1. The maximum absolute atomic E-state index is 12.6. The smallest absolute Gasteiger partial charge is 0.256 e. The van der Waals surface area contributed by atoms with Crippen molar-refractivity contribution in [2.24, 2.45) is 0 Å². The van der Waals surface area contributed by atoms with E-state index in [0.29, 0.717) is 24.3 Å². The van der Waals surface area contributed by atoms with Gasteiger partial charge in [0.2, 0.25) is 0 Å². The highest BCUT2D eigenvalue weighted by Crippen LogP contribution is 2.22. The van der Waals surface area contributed by atoms with Crippen molar-refractivity contribution < 1.29 is 4.79 Å². The molecule has 1 fully saturated rings. The number of benzene rings is 1. The Bertz CT molecular complexity index is 613. The summed E-state index contributed by atoms with van der Waals surface area (Å²) in [5.74, 6) is 0.0318. The van der Waals surface area contributed by atoms with Gasteiger partial charge in [0, 0.05) is 43.4 Å². The van der Waals surface area contributed by atoms with Crippen LogP contribution in [0.3, 0.4) is 0 Å². The summed E-state index contributed by atoms with van der Waals surface area (Å²) < 4.78 is 0. The fourth-order valence-electron chi connectivity index (χ4n) is 2.61. The number of carbonyl (C=O) groups is 1. The van der Waals surface area contributed by atoms with E-state index in [1.165, 1.54) is 0 Å². The molecule has 0 atom stereocenters. The number of aromatic nitrogens is 1. The van der Waals surface area contributed by atoms with Gasteiger partial charge in [0.05, 0.1) is 5.56 Å². The lowest BCUT2D eigenvalue weighted by Crippen LogP contribution is -2.49. The van der Waals surface area contributed by atoms with Crippen LogP contribution in [0.2, 0.25) is 0 Å². The zero-order valence-electron chi connectivity index (χ0n) is 12.0. The summed E-state index contributed by atoms with van der Waals surface area (Å²) in [6.45, 7) is 4.95. The van der Waals surface area contributed by atoms with Gasteiger partial charge in [0.1, 0.15) is 0 Å². The molecule has 2 aromatic rings. The highest BCUT2D eigenvalue weighted by atomic mass is 32.1. The SMILES string of the molecule is Cc1cccc(N)c1C(=O)N1CCN(c2nccs2)CC1. The monoisotopic (exact) mass is 302 g/mol. The number of rotatable bonds is 2. The van der Waals surface area contributed by atoms with E-state index in [1.807, 2.05) is 35.5 Å². The minimum absolute atomic E-state index is 0.0318. The van der Waals surface area contributed by atoms with Crippen LogP contribution >= 0.6 is 11.3 Å². The average Bonchev–Trinajstić information content (AvgIpc) is 3.01. The van der Waals surface area contributed by atoms with E-state index in [-0.39, 0.29) is 5.91 Å². The second-order valence-corrected chi connectivity index (χ2v) is 6.01. The third-order valence-corrected chi connectivity index (χ3v) is 4.61. The molecule has 6 heteroatoms. The summed E-state index contributed by atoms with van der Waals surface area (Å²) in [6.07, 6.45) is 1.81. The minimum atomic E-state index is 0.0318. The predicted molar refractivity (Wildman–Crippen MR) is 85.8 cm³/mol. The Morgan fingerprint density at radius 2 is 2.05 bits per heavy atom. The third kappa shape index (κ3) is 2.71. The maximum atomic E-state index is 12.6. The van der Waals surface area contributed by atoms with Crippen molar-refractivity contribution >= 4 is 28.1 Å². The summed E-state index contributed by atoms with van der Waals surface area (Å²) in [4.78, 5) is 21.1. The molecule has 2 heterocycles. The third-order valence-electron chi connectivity index (χ3n) is 3.78. The molecule has 0 bridgehead atoms. The summed E-state index contributed by atoms with van der Waals surface area (Å²) >= 11 is 1.63. The average molecular weight is 302 g/mol. The Balaban J connectivity index is 1.71. The number of anilines is 2. The van der Waals surface area contributed by atoms with E-state index in [1.54, 1.807) is 17.4 Å². The topological polar surface area (TPSA) is 62.5 Å². The molecule has 110 valence electrons. The highest BCUT2D eigenvalue weighted by molar-refractivity contribution is 7.13. The molecule has 0 radical (unpaired) electrons. The van der Waals surface area contributed by atoms with Crippen molar-refractivity contribution in [1.29, 1.82) is 0 Å². The van der Waals surface area contributed by atoms with E-state index in [2.05, 4.69) is 9.88 Å². The first kappa shape index (κ1) is 13.9. The molecule has 2 N–H and O–H groups in total. The fraction of sp³-hybridized carbons (Fsp3) is 0.333. The second kappa shape index (κ2) is 5.73. The van der Waals surface area contributed by atoms with Gasteiger partial charge < -0.3 is 15.5 Å². The number of hydrogen-bond acceptors (Lipinski definition) is 5. The Labute approximate surface area is 128 Å². The van der Waals surface area contributed by atoms with Crippen molar-refractivity contribution in [3.63, 3.8) is 0 Å². The summed E-state index contributed by atoms with van der Waals surface area (Å²) in [7, 11) is 0. The molecule has 0 unspecified atom stereocenters. The fourth-order valence-corrected chi connectivity index (χ4v) is 3.31. The summed E-state index contributed by atoms with van der Waals surface area (Å²) in [6, 6.07) is 5.59. The first-order chi connectivity index (χ1) is 10.2. The molecule has 1 saturated heterocycles. The lowest BCUT2D eigenvalue weighted by Gasteiger charge is -2.35. The molecular weight excluding hydrogens is 284 g/mol. The molecule has 0 spiro atoms. The molecule has 5 nitrogen and oxygen atoms in total. The Morgan fingerprint density at radius 1 is 1.29 bits per heavy atom. The van der Waals surface area contributed by atoms with Gasteiger partial charge in [-0.05, 0) is 18.6 Å². The molecule has 1 aromatic carbocycles. The number of nitrogens with zero attached hydrogens (tertiary/aromatic N) is 3. The van der Waals surface area contributed by atoms with Crippen LogP contribution in [0.15, 0.2) is 29.8 Å². The zero-order chi connectivity index (χ0) is 14.8. The molecule has 0 aliphatic carbocycles. The van der Waals surface area contributed by atoms with Gasteiger partial charge in [0.15, 0.2) is 5.13 Å². The molecular formula is C15H18N4OS. The maximum Gasteiger partial charge on any atom is 0.256 e.